The van der Waals surface area contributed by atoms with Crippen LogP contribution in [0, 0.1) is 0 Å². The van der Waals surface area contributed by atoms with Gasteiger partial charge < -0.3 is 10.4 Å². The molecule has 1 aromatic heterocycles. The highest BCUT2D eigenvalue weighted by Crippen LogP contribution is 2.17. The maximum Gasteiger partial charge on any atom is 0.356 e. The third kappa shape index (κ3) is 2.94. The first-order valence-electron chi connectivity index (χ1n) is 5.11. The Hall–Kier alpha value is -1.63. The van der Waals surface area contributed by atoms with Crippen LogP contribution in [0.5, 0.6) is 0 Å². The third-order valence-corrected chi connectivity index (χ3v) is 3.53. The molecule has 2 heterocycles. The van der Waals surface area contributed by atoms with Crippen molar-refractivity contribution in [1.29, 1.82) is 0 Å². The van der Waals surface area contributed by atoms with E-state index in [1.807, 2.05) is 0 Å². The van der Waals surface area contributed by atoms with Crippen LogP contribution in [0.1, 0.15) is 27.4 Å². The van der Waals surface area contributed by atoms with E-state index in [2.05, 4.69) is 15.3 Å². The predicted molar refractivity (Wildman–Crippen MR) is 62.2 cm³/mol. The monoisotopic (exact) mass is 253 g/mol. The molecule has 1 unspecified atom stereocenters. The lowest BCUT2D eigenvalue weighted by Crippen LogP contribution is -2.35. The lowest BCUT2D eigenvalue weighted by molar-refractivity contribution is 0.0689. The minimum atomic E-state index is -1.16. The minimum Gasteiger partial charge on any atom is -0.476 e. The summed E-state index contributed by atoms with van der Waals surface area (Å²) in [6.45, 7) is 0. The SMILES string of the molecule is O=C(O)c1cnc(C(=O)NC2CCSC2)cn1. The first-order chi connectivity index (χ1) is 8.16. The van der Waals surface area contributed by atoms with E-state index in [0.717, 1.165) is 24.1 Å². The Bertz CT molecular complexity index is 429. The van der Waals surface area contributed by atoms with E-state index in [4.69, 9.17) is 5.11 Å². The number of carbonyl (C=O) groups excluding carboxylic acids is 1. The van der Waals surface area contributed by atoms with Crippen LogP contribution in [0.15, 0.2) is 12.4 Å². The molecule has 6 nitrogen and oxygen atoms in total. The molecule has 1 fully saturated rings. The molecular weight excluding hydrogens is 242 g/mol. The number of hydrogen-bond donors (Lipinski definition) is 2. The van der Waals surface area contributed by atoms with E-state index in [-0.39, 0.29) is 23.3 Å². The van der Waals surface area contributed by atoms with Crippen LogP contribution in [0.25, 0.3) is 0 Å². The molecule has 0 spiro atoms. The summed E-state index contributed by atoms with van der Waals surface area (Å²) in [5, 5.41) is 11.5. The largest absolute Gasteiger partial charge is 0.476 e. The molecule has 90 valence electrons. The van der Waals surface area contributed by atoms with E-state index in [1.165, 1.54) is 6.20 Å². The van der Waals surface area contributed by atoms with Gasteiger partial charge >= 0.3 is 5.97 Å². The number of nitrogens with one attached hydrogen (secondary N) is 1. The van der Waals surface area contributed by atoms with Gasteiger partial charge in [0.15, 0.2) is 5.69 Å². The molecule has 7 heteroatoms. The summed E-state index contributed by atoms with van der Waals surface area (Å²) in [6, 6.07) is 0.174. The number of nitrogens with zero attached hydrogens (tertiary/aromatic N) is 2. The highest BCUT2D eigenvalue weighted by atomic mass is 32.2. The lowest BCUT2D eigenvalue weighted by atomic mass is 10.2. The summed E-state index contributed by atoms with van der Waals surface area (Å²) in [6.07, 6.45) is 3.22. The van der Waals surface area contributed by atoms with E-state index in [0.29, 0.717) is 0 Å². The fraction of sp³-hybridized carbons (Fsp3) is 0.400. The van der Waals surface area contributed by atoms with Crippen molar-refractivity contribution in [1.82, 2.24) is 15.3 Å². The van der Waals surface area contributed by atoms with Gasteiger partial charge in [-0.2, -0.15) is 11.8 Å². The fourth-order valence-electron chi connectivity index (χ4n) is 1.46. The van der Waals surface area contributed by atoms with Crippen LogP contribution in [0.2, 0.25) is 0 Å². The Morgan fingerprint density at radius 1 is 1.35 bits per heavy atom. The van der Waals surface area contributed by atoms with Crippen molar-refractivity contribution in [2.24, 2.45) is 0 Å². The van der Waals surface area contributed by atoms with Gasteiger partial charge in [-0.05, 0) is 12.2 Å². The molecule has 1 aliphatic heterocycles. The molecule has 1 aliphatic rings. The number of carboxylic acid groups (broad SMARTS) is 1. The highest BCUT2D eigenvalue weighted by Gasteiger charge is 2.19. The van der Waals surface area contributed by atoms with Gasteiger partial charge in [-0.3, -0.25) is 4.79 Å². The number of hydrogen-bond acceptors (Lipinski definition) is 5. The van der Waals surface area contributed by atoms with Gasteiger partial charge in [-0.25, -0.2) is 14.8 Å². The fourth-order valence-corrected chi connectivity index (χ4v) is 2.62. The van der Waals surface area contributed by atoms with Crippen molar-refractivity contribution in [3.8, 4) is 0 Å². The Morgan fingerprint density at radius 3 is 2.59 bits per heavy atom. The van der Waals surface area contributed by atoms with Crippen LogP contribution >= 0.6 is 11.8 Å². The van der Waals surface area contributed by atoms with Crippen molar-refractivity contribution >= 4 is 23.6 Å². The summed E-state index contributed by atoms with van der Waals surface area (Å²) in [4.78, 5) is 29.7. The van der Waals surface area contributed by atoms with Gasteiger partial charge in [0, 0.05) is 11.8 Å². The van der Waals surface area contributed by atoms with E-state index < -0.39 is 5.97 Å². The Kier molecular flexibility index (Phi) is 3.58. The summed E-state index contributed by atoms with van der Waals surface area (Å²) >= 11 is 1.80. The zero-order valence-corrected chi connectivity index (χ0v) is 9.74. The van der Waals surface area contributed by atoms with Crippen molar-refractivity contribution in [2.45, 2.75) is 12.5 Å². The molecule has 0 aromatic carbocycles. The molecule has 2 rings (SSSR count). The van der Waals surface area contributed by atoms with Gasteiger partial charge in [0.2, 0.25) is 0 Å². The minimum absolute atomic E-state index is 0.145. The summed E-state index contributed by atoms with van der Waals surface area (Å²) < 4.78 is 0. The van der Waals surface area contributed by atoms with Gasteiger partial charge in [-0.1, -0.05) is 0 Å². The molecule has 1 amide bonds. The number of carboxylic acids is 1. The second kappa shape index (κ2) is 5.13. The molecule has 0 radical (unpaired) electrons. The molecule has 0 bridgehead atoms. The predicted octanol–water partition coefficient (Wildman–Crippen LogP) is 0.410. The molecule has 1 aromatic rings. The Labute approximate surface area is 102 Å². The summed E-state index contributed by atoms with van der Waals surface area (Å²) in [5.74, 6) is 0.500. The summed E-state index contributed by atoms with van der Waals surface area (Å²) in [7, 11) is 0. The normalized spacial score (nSPS) is 18.9. The maximum atomic E-state index is 11.7. The smallest absolute Gasteiger partial charge is 0.356 e. The second-order valence-corrected chi connectivity index (χ2v) is 4.78. The van der Waals surface area contributed by atoms with E-state index in [9.17, 15) is 9.59 Å². The highest BCUT2D eigenvalue weighted by molar-refractivity contribution is 7.99. The van der Waals surface area contributed by atoms with Gasteiger partial charge in [0.05, 0.1) is 12.4 Å². The van der Waals surface area contributed by atoms with Crippen LogP contribution in [0.4, 0.5) is 0 Å². The lowest BCUT2D eigenvalue weighted by Gasteiger charge is -2.10. The van der Waals surface area contributed by atoms with E-state index in [1.54, 1.807) is 11.8 Å². The van der Waals surface area contributed by atoms with Crippen molar-refractivity contribution < 1.29 is 14.7 Å². The van der Waals surface area contributed by atoms with E-state index >= 15 is 0 Å². The molecule has 0 saturated carbocycles. The van der Waals surface area contributed by atoms with Crippen molar-refractivity contribution in [2.75, 3.05) is 11.5 Å². The maximum absolute atomic E-state index is 11.7. The first-order valence-corrected chi connectivity index (χ1v) is 6.26. The van der Waals surface area contributed by atoms with Crippen molar-refractivity contribution in [3.63, 3.8) is 0 Å². The molecule has 17 heavy (non-hydrogen) atoms. The van der Waals surface area contributed by atoms with Gasteiger partial charge in [-0.15, -0.1) is 0 Å². The number of carbonyl (C=O) groups is 2. The van der Waals surface area contributed by atoms with Crippen LogP contribution in [-0.4, -0.2) is 44.5 Å². The topological polar surface area (TPSA) is 92.2 Å². The zero-order chi connectivity index (χ0) is 12.3. The van der Waals surface area contributed by atoms with Crippen LogP contribution in [-0.2, 0) is 0 Å². The molecule has 1 saturated heterocycles. The second-order valence-electron chi connectivity index (χ2n) is 3.63. The molecule has 0 aliphatic carbocycles. The molecule has 2 N–H and O–H groups in total. The summed E-state index contributed by atoms with van der Waals surface area (Å²) in [5.41, 5.74) is -0.0233. The Morgan fingerprint density at radius 2 is 2.06 bits per heavy atom. The van der Waals surface area contributed by atoms with Gasteiger partial charge in [0.25, 0.3) is 5.91 Å². The number of amides is 1. The van der Waals surface area contributed by atoms with Crippen LogP contribution < -0.4 is 5.32 Å². The average molecular weight is 253 g/mol. The number of rotatable bonds is 3. The first kappa shape index (κ1) is 11.8. The Balaban J connectivity index is 2.01. The molecule has 1 atom stereocenters. The number of aromatic carboxylic acids is 1. The molecular formula is C10H11N3O3S. The standard InChI is InChI=1S/C10H11N3O3S/c14-9(13-6-1-2-17-5-6)7-3-12-8(4-11-7)10(15)16/h3-4,6H,1-2,5H2,(H,13,14)(H,15,16). The zero-order valence-electron chi connectivity index (χ0n) is 8.92. The third-order valence-electron chi connectivity index (χ3n) is 2.37. The van der Waals surface area contributed by atoms with Crippen LogP contribution in [0.3, 0.4) is 0 Å². The van der Waals surface area contributed by atoms with Crippen molar-refractivity contribution in [3.05, 3.63) is 23.8 Å². The quantitative estimate of drug-likeness (QED) is 0.810. The average Bonchev–Trinajstić information content (AvgIpc) is 2.82. The number of aromatic nitrogens is 2. The van der Waals surface area contributed by atoms with Gasteiger partial charge in [0.1, 0.15) is 5.69 Å². The number of thioether (sulfide) groups is 1.